The third kappa shape index (κ3) is 4.04. The van der Waals surface area contributed by atoms with Gasteiger partial charge in [-0.1, -0.05) is 121 Å². The van der Waals surface area contributed by atoms with Crippen LogP contribution < -0.4 is 0 Å². The van der Waals surface area contributed by atoms with Gasteiger partial charge < -0.3 is 0 Å². The third-order valence-corrected chi connectivity index (χ3v) is 5.11. The van der Waals surface area contributed by atoms with E-state index in [0.717, 1.165) is 6.42 Å². The molecule has 0 aliphatic rings. The molecule has 0 aliphatic carbocycles. The molecular formula is C26H22Hf. The molecule has 0 amide bonds. The van der Waals surface area contributed by atoms with E-state index < -0.39 is 0 Å². The Morgan fingerprint density at radius 3 is 1.04 bits per heavy atom. The summed E-state index contributed by atoms with van der Waals surface area (Å²) in [5, 5.41) is 0. The van der Waals surface area contributed by atoms with Crippen LogP contribution in [0, 0.1) is 0 Å². The second-order valence-corrected chi connectivity index (χ2v) is 6.67. The van der Waals surface area contributed by atoms with Crippen LogP contribution in [0.4, 0.5) is 0 Å². The van der Waals surface area contributed by atoms with Crippen molar-refractivity contribution in [3.8, 4) is 0 Å². The van der Waals surface area contributed by atoms with Crippen LogP contribution in [-0.2, 0) is 37.7 Å². The average molecular weight is 513 g/mol. The molecule has 4 aromatic carbocycles. The normalized spacial score (nSPS) is 10.8. The molecular weight excluding hydrogens is 491 g/mol. The first-order valence-electron chi connectivity index (χ1n) is 9.10. The predicted molar refractivity (Wildman–Crippen MR) is 109 cm³/mol. The number of hydrogen-bond donors (Lipinski definition) is 0. The smallest absolute Gasteiger partial charge is 0.0491 e. The summed E-state index contributed by atoms with van der Waals surface area (Å²) in [7, 11) is 0. The minimum absolute atomic E-state index is 0. The van der Waals surface area contributed by atoms with E-state index in [9.17, 15) is 0 Å². The van der Waals surface area contributed by atoms with Crippen LogP contribution in [0.2, 0.25) is 0 Å². The standard InChI is InChI=1S/C26H22.Hf/c1-5-13-22(14-6-1)21-26(23-15-7-2-8-16-23,24-17-9-3-10-18-24)25-19-11-4-12-20-25;/h1-20H,21H2;. The van der Waals surface area contributed by atoms with Crippen molar-refractivity contribution >= 4 is 0 Å². The van der Waals surface area contributed by atoms with Crippen molar-refractivity contribution in [1.29, 1.82) is 0 Å². The number of rotatable bonds is 5. The molecule has 0 atom stereocenters. The maximum Gasteiger partial charge on any atom is 0.0491 e. The summed E-state index contributed by atoms with van der Waals surface area (Å²) in [6.45, 7) is 0. The van der Waals surface area contributed by atoms with Gasteiger partial charge in [-0.15, -0.1) is 0 Å². The SMILES string of the molecule is [Hf].c1ccc(CC(c2ccccc2)(c2ccccc2)c2ccccc2)cc1. The summed E-state index contributed by atoms with van der Waals surface area (Å²) in [5.74, 6) is 0. The zero-order valence-corrected chi connectivity index (χ0v) is 18.8. The van der Waals surface area contributed by atoms with E-state index in [1.807, 2.05) is 0 Å². The number of hydrogen-bond acceptors (Lipinski definition) is 0. The van der Waals surface area contributed by atoms with Gasteiger partial charge in [0.2, 0.25) is 0 Å². The Morgan fingerprint density at radius 2 is 0.704 bits per heavy atom. The Hall–Kier alpha value is -2.25. The van der Waals surface area contributed by atoms with Crippen molar-refractivity contribution in [2.75, 3.05) is 0 Å². The molecule has 0 aliphatic heterocycles. The summed E-state index contributed by atoms with van der Waals surface area (Å²) < 4.78 is 0. The first kappa shape index (κ1) is 19.5. The molecule has 0 fully saturated rings. The third-order valence-electron chi connectivity index (χ3n) is 5.11. The van der Waals surface area contributed by atoms with Crippen LogP contribution in [0.1, 0.15) is 22.3 Å². The fourth-order valence-corrected chi connectivity index (χ4v) is 3.88. The molecule has 0 bridgehead atoms. The molecule has 0 heterocycles. The summed E-state index contributed by atoms with van der Waals surface area (Å²) in [6.07, 6.45) is 0.922. The van der Waals surface area contributed by atoms with Gasteiger partial charge in [0.05, 0.1) is 0 Å². The molecule has 4 aromatic rings. The molecule has 4 rings (SSSR count). The maximum absolute atomic E-state index is 2.25. The maximum atomic E-state index is 2.25. The van der Waals surface area contributed by atoms with E-state index in [-0.39, 0.29) is 31.3 Å². The Balaban J connectivity index is 0.00000210. The van der Waals surface area contributed by atoms with Crippen molar-refractivity contribution < 1.29 is 25.8 Å². The fourth-order valence-electron chi connectivity index (χ4n) is 3.88. The van der Waals surface area contributed by atoms with Crippen LogP contribution in [0.15, 0.2) is 121 Å². The fraction of sp³-hybridized carbons (Fsp3) is 0.0769. The van der Waals surface area contributed by atoms with Gasteiger partial charge in [-0.05, 0) is 28.7 Å². The Kier molecular flexibility index (Phi) is 6.58. The van der Waals surface area contributed by atoms with Gasteiger partial charge in [0.25, 0.3) is 0 Å². The molecule has 0 saturated carbocycles. The van der Waals surface area contributed by atoms with E-state index in [4.69, 9.17) is 0 Å². The largest absolute Gasteiger partial charge is 0.0622 e. The summed E-state index contributed by atoms with van der Waals surface area (Å²) in [4.78, 5) is 0. The zero-order chi connectivity index (χ0) is 17.7. The second kappa shape index (κ2) is 9.10. The second-order valence-electron chi connectivity index (χ2n) is 6.67. The molecule has 0 nitrogen and oxygen atoms in total. The molecule has 0 spiro atoms. The molecule has 27 heavy (non-hydrogen) atoms. The van der Waals surface area contributed by atoms with E-state index in [1.165, 1.54) is 22.3 Å². The zero-order valence-electron chi connectivity index (χ0n) is 15.3. The topological polar surface area (TPSA) is 0 Å². The van der Waals surface area contributed by atoms with E-state index in [2.05, 4.69) is 121 Å². The first-order valence-corrected chi connectivity index (χ1v) is 9.10. The quantitative estimate of drug-likeness (QED) is 0.219. The predicted octanol–water partition coefficient (Wildman–Crippen LogP) is 6.26. The van der Waals surface area contributed by atoms with Crippen LogP contribution in [0.3, 0.4) is 0 Å². The van der Waals surface area contributed by atoms with E-state index >= 15 is 0 Å². The summed E-state index contributed by atoms with van der Waals surface area (Å²) >= 11 is 0. The van der Waals surface area contributed by atoms with Crippen LogP contribution in [0.25, 0.3) is 0 Å². The van der Waals surface area contributed by atoms with Crippen LogP contribution >= 0.6 is 0 Å². The van der Waals surface area contributed by atoms with Gasteiger partial charge in [0, 0.05) is 31.3 Å². The van der Waals surface area contributed by atoms with Gasteiger partial charge >= 0.3 is 0 Å². The minimum atomic E-state index is -0.217. The Bertz CT molecular complexity index is 836. The van der Waals surface area contributed by atoms with E-state index in [1.54, 1.807) is 0 Å². The molecule has 1 heteroatoms. The molecule has 0 unspecified atom stereocenters. The summed E-state index contributed by atoms with van der Waals surface area (Å²) in [5.41, 5.74) is 5.08. The van der Waals surface area contributed by atoms with Gasteiger partial charge in [0.15, 0.2) is 0 Å². The van der Waals surface area contributed by atoms with Crippen molar-refractivity contribution in [2.45, 2.75) is 11.8 Å². The first-order chi connectivity index (χ1) is 12.9. The molecule has 130 valence electrons. The van der Waals surface area contributed by atoms with Gasteiger partial charge in [-0.2, -0.15) is 0 Å². The molecule has 0 aromatic heterocycles. The monoisotopic (exact) mass is 514 g/mol. The van der Waals surface area contributed by atoms with Gasteiger partial charge in [-0.3, -0.25) is 0 Å². The molecule has 0 N–H and O–H groups in total. The van der Waals surface area contributed by atoms with Crippen molar-refractivity contribution in [1.82, 2.24) is 0 Å². The van der Waals surface area contributed by atoms with Gasteiger partial charge in [0.1, 0.15) is 0 Å². The van der Waals surface area contributed by atoms with Gasteiger partial charge in [-0.25, -0.2) is 0 Å². The Morgan fingerprint density at radius 1 is 0.407 bits per heavy atom. The van der Waals surface area contributed by atoms with Crippen molar-refractivity contribution in [3.63, 3.8) is 0 Å². The van der Waals surface area contributed by atoms with Crippen molar-refractivity contribution in [2.24, 2.45) is 0 Å². The minimum Gasteiger partial charge on any atom is -0.0622 e. The van der Waals surface area contributed by atoms with Crippen LogP contribution in [0.5, 0.6) is 0 Å². The molecule has 0 saturated heterocycles. The number of benzene rings is 4. The molecule has 0 radical (unpaired) electrons. The average Bonchev–Trinajstić information content (AvgIpc) is 2.75. The summed E-state index contributed by atoms with van der Waals surface area (Å²) in [6, 6.07) is 43.4. The van der Waals surface area contributed by atoms with Crippen LogP contribution in [-0.4, -0.2) is 0 Å². The Labute approximate surface area is 180 Å². The van der Waals surface area contributed by atoms with Crippen molar-refractivity contribution in [3.05, 3.63) is 144 Å². The van der Waals surface area contributed by atoms with E-state index in [0.29, 0.717) is 0 Å².